The summed E-state index contributed by atoms with van der Waals surface area (Å²) in [7, 11) is 0. The van der Waals surface area contributed by atoms with Crippen LogP contribution in [0.5, 0.6) is 0 Å². The molecule has 0 saturated carbocycles. The number of hydrogen-bond acceptors (Lipinski definition) is 3. The molecule has 0 amide bonds. The van der Waals surface area contributed by atoms with Gasteiger partial charge < -0.3 is 14.1 Å². The van der Waals surface area contributed by atoms with E-state index in [9.17, 15) is 0 Å². The van der Waals surface area contributed by atoms with Crippen LogP contribution in [0.4, 0.5) is 28.4 Å². The van der Waals surface area contributed by atoms with Crippen molar-refractivity contribution in [2.45, 2.75) is 56.8 Å². The lowest BCUT2D eigenvalue weighted by molar-refractivity contribution is 0.332. The fourth-order valence-corrected chi connectivity index (χ4v) is 12.8. The van der Waals surface area contributed by atoms with Crippen LogP contribution in [0.1, 0.15) is 73.9 Å². The van der Waals surface area contributed by atoms with Gasteiger partial charge in [0.25, 0.3) is 0 Å². The van der Waals surface area contributed by atoms with Gasteiger partial charge in [-0.3, -0.25) is 0 Å². The second-order valence-corrected chi connectivity index (χ2v) is 20.2. The average molecular weight is 835 g/mol. The molecule has 65 heavy (non-hydrogen) atoms. The predicted molar refractivity (Wildman–Crippen MR) is 272 cm³/mol. The van der Waals surface area contributed by atoms with Gasteiger partial charge in [-0.2, -0.15) is 0 Å². The normalized spacial score (nSPS) is 16.8. The number of fused-ring (bicyclic) bond motifs is 12. The fourth-order valence-electron chi connectivity index (χ4n) is 12.8. The number of hydrogen-bond donors (Lipinski definition) is 0. The van der Waals surface area contributed by atoms with E-state index in [4.69, 9.17) is 4.42 Å². The summed E-state index contributed by atoms with van der Waals surface area (Å²) < 4.78 is 6.73. The quantitative estimate of drug-likeness (QED) is 0.165. The first-order valence-corrected chi connectivity index (χ1v) is 23.3. The number of benzene rings is 9. The van der Waals surface area contributed by atoms with E-state index in [1.54, 1.807) is 0 Å². The molecule has 0 atom stereocenters. The minimum Gasteiger partial charge on any atom is -0.456 e. The number of rotatable bonds is 3. The van der Waals surface area contributed by atoms with Crippen molar-refractivity contribution in [3.8, 4) is 11.1 Å². The van der Waals surface area contributed by atoms with Gasteiger partial charge in [-0.05, 0) is 121 Å². The number of para-hydroxylation sites is 3. The molecule has 0 N–H and O–H groups in total. The van der Waals surface area contributed by atoms with Crippen LogP contribution in [-0.2, 0) is 16.2 Å². The van der Waals surface area contributed by atoms with Crippen LogP contribution in [0.3, 0.4) is 0 Å². The van der Waals surface area contributed by atoms with Crippen LogP contribution in [-0.4, -0.2) is 6.85 Å². The standard InChI is InChI=1S/C61H47BN2O/c1-59(2)32-33-60(3,4)50-35-41(30-31-47(50)59)64-53-36-45-43-24-13-16-29-54(43)65-55(45)37-44(53)46-34-38-18-11-12-23-42(38)57-56(46)62(64)51-27-17-26-49-58(51)63(57)52-28-15-14-25-48(52)61(49,39-19-7-5-8-20-39)40-21-9-6-10-22-40/h5-31,34-37H,32-33H2,1-4H3. The lowest BCUT2D eigenvalue weighted by atomic mass is 9.42. The molecule has 14 rings (SSSR count). The molecule has 1 aromatic heterocycles. The summed E-state index contributed by atoms with van der Waals surface area (Å²) in [5.41, 5.74) is 20.6. The predicted octanol–water partition coefficient (Wildman–Crippen LogP) is 14.5. The van der Waals surface area contributed by atoms with Crippen molar-refractivity contribution in [2.24, 2.45) is 0 Å². The molecular formula is C61H47BN2O. The van der Waals surface area contributed by atoms with Gasteiger partial charge in [-0.15, -0.1) is 0 Å². The molecule has 1 aliphatic carbocycles. The van der Waals surface area contributed by atoms with Crippen molar-refractivity contribution >= 4 is 78.9 Å². The molecule has 4 heteroatoms. The Morgan fingerprint density at radius 3 is 1.91 bits per heavy atom. The Morgan fingerprint density at radius 1 is 0.462 bits per heavy atom. The average Bonchev–Trinajstić information content (AvgIpc) is 3.71. The first kappa shape index (κ1) is 37.1. The Bertz CT molecular complexity index is 3600. The van der Waals surface area contributed by atoms with E-state index in [-0.39, 0.29) is 17.7 Å². The van der Waals surface area contributed by atoms with Gasteiger partial charge in [0.15, 0.2) is 0 Å². The van der Waals surface area contributed by atoms with Crippen LogP contribution in [0.25, 0.3) is 43.8 Å². The molecule has 0 radical (unpaired) electrons. The van der Waals surface area contributed by atoms with Gasteiger partial charge in [0, 0.05) is 38.8 Å². The molecule has 4 heterocycles. The minimum absolute atomic E-state index is 0.0351. The van der Waals surface area contributed by atoms with Gasteiger partial charge >= 0.3 is 6.85 Å². The smallest absolute Gasteiger partial charge is 0.333 e. The highest BCUT2D eigenvalue weighted by Crippen LogP contribution is 2.60. The molecule has 0 fully saturated rings. The number of furan rings is 1. The Balaban J connectivity index is 1.17. The summed E-state index contributed by atoms with van der Waals surface area (Å²) >= 11 is 0. The van der Waals surface area contributed by atoms with Crippen LogP contribution in [0.2, 0.25) is 0 Å². The van der Waals surface area contributed by atoms with E-state index >= 15 is 0 Å². The molecule has 3 aliphatic heterocycles. The van der Waals surface area contributed by atoms with Crippen LogP contribution in [0, 0.1) is 0 Å². The van der Waals surface area contributed by atoms with E-state index in [0.717, 1.165) is 28.4 Å². The van der Waals surface area contributed by atoms with Gasteiger partial charge in [0.1, 0.15) is 11.2 Å². The van der Waals surface area contributed by atoms with Crippen molar-refractivity contribution in [1.29, 1.82) is 0 Å². The van der Waals surface area contributed by atoms with Crippen molar-refractivity contribution in [1.82, 2.24) is 0 Å². The number of anilines is 5. The van der Waals surface area contributed by atoms with Crippen LogP contribution >= 0.6 is 0 Å². The third-order valence-electron chi connectivity index (χ3n) is 15.9. The molecule has 9 aromatic carbocycles. The van der Waals surface area contributed by atoms with E-state index in [2.05, 4.69) is 225 Å². The highest BCUT2D eigenvalue weighted by Gasteiger charge is 2.53. The third kappa shape index (κ3) is 4.82. The Labute approximate surface area is 380 Å². The van der Waals surface area contributed by atoms with Gasteiger partial charge in [0.2, 0.25) is 0 Å². The van der Waals surface area contributed by atoms with E-state index in [1.807, 2.05) is 0 Å². The van der Waals surface area contributed by atoms with Gasteiger partial charge in [-0.25, -0.2) is 0 Å². The maximum atomic E-state index is 6.73. The van der Waals surface area contributed by atoms with Crippen LogP contribution < -0.4 is 20.6 Å². The lowest BCUT2D eigenvalue weighted by Gasteiger charge is -2.52. The highest BCUT2D eigenvalue weighted by atomic mass is 16.3. The molecule has 0 saturated heterocycles. The summed E-state index contributed by atoms with van der Waals surface area (Å²) in [4.78, 5) is 5.37. The first-order chi connectivity index (χ1) is 31.7. The van der Waals surface area contributed by atoms with E-state index in [1.165, 1.54) is 101 Å². The summed E-state index contributed by atoms with van der Waals surface area (Å²) in [5, 5.41) is 4.76. The third-order valence-corrected chi connectivity index (χ3v) is 15.9. The zero-order valence-corrected chi connectivity index (χ0v) is 37.2. The summed E-state index contributed by atoms with van der Waals surface area (Å²) in [6, 6.07) is 71.2. The first-order valence-electron chi connectivity index (χ1n) is 23.3. The molecule has 0 spiro atoms. The molecule has 10 aromatic rings. The summed E-state index contributed by atoms with van der Waals surface area (Å²) in [6.45, 7) is 9.62. The molecule has 3 nitrogen and oxygen atoms in total. The fraction of sp³-hybridized carbons (Fsp3) is 0.148. The van der Waals surface area contributed by atoms with E-state index in [0.29, 0.717) is 0 Å². The minimum atomic E-state index is -0.591. The van der Waals surface area contributed by atoms with Crippen LogP contribution in [0.15, 0.2) is 192 Å². The number of nitrogens with zero attached hydrogens (tertiary/aromatic N) is 2. The SMILES string of the molecule is CC1(C)CCC(C)(C)c2cc(N3B4c5cccc6c5N(c5ccccc5C6(c5ccccc5)c5ccccc5)c5c4c(cc4ccccc54)-c4cc5oc6ccccc6c5cc43)ccc21. The zero-order chi connectivity index (χ0) is 43.4. The molecular weight excluding hydrogens is 787 g/mol. The highest BCUT2D eigenvalue weighted by molar-refractivity contribution is 6.94. The Morgan fingerprint density at radius 2 is 1.12 bits per heavy atom. The van der Waals surface area contributed by atoms with Crippen molar-refractivity contribution in [3.05, 3.63) is 221 Å². The van der Waals surface area contributed by atoms with Gasteiger partial charge in [-0.1, -0.05) is 173 Å². The molecule has 310 valence electrons. The molecule has 4 aliphatic rings. The largest absolute Gasteiger partial charge is 0.456 e. The maximum Gasteiger partial charge on any atom is 0.333 e. The van der Waals surface area contributed by atoms with Crippen molar-refractivity contribution in [3.63, 3.8) is 0 Å². The summed E-state index contributed by atoms with van der Waals surface area (Å²) in [5.74, 6) is 0. The van der Waals surface area contributed by atoms with E-state index < -0.39 is 5.41 Å². The lowest BCUT2D eigenvalue weighted by Crippen LogP contribution is -2.62. The monoisotopic (exact) mass is 834 g/mol. The maximum absolute atomic E-state index is 6.73. The van der Waals surface area contributed by atoms with Crippen molar-refractivity contribution < 1.29 is 4.42 Å². The Hall–Kier alpha value is -7.30. The Kier molecular flexibility index (Phi) is 7.38. The second kappa shape index (κ2) is 12.9. The molecule has 0 bridgehead atoms. The zero-order valence-electron chi connectivity index (χ0n) is 37.2. The second-order valence-electron chi connectivity index (χ2n) is 20.2. The summed E-state index contributed by atoms with van der Waals surface area (Å²) in [6.07, 6.45) is 2.33. The van der Waals surface area contributed by atoms with Crippen molar-refractivity contribution in [2.75, 3.05) is 9.71 Å². The van der Waals surface area contributed by atoms with Gasteiger partial charge in [0.05, 0.1) is 16.8 Å². The topological polar surface area (TPSA) is 19.6 Å². The molecule has 0 unspecified atom stereocenters.